The molecule has 5 heteroatoms. The van der Waals surface area contributed by atoms with Gasteiger partial charge in [-0.25, -0.2) is 0 Å². The number of likely N-dealkylation sites (N-methyl/N-ethyl adjacent to an activating group) is 1. The maximum atomic E-state index is 12.2. The van der Waals surface area contributed by atoms with Gasteiger partial charge < -0.3 is 10.2 Å². The lowest BCUT2D eigenvalue weighted by Crippen LogP contribution is -2.33. The van der Waals surface area contributed by atoms with Gasteiger partial charge in [0.25, 0.3) is 0 Å². The molecule has 0 aromatic heterocycles. The lowest BCUT2D eigenvalue weighted by Gasteiger charge is -2.23. The van der Waals surface area contributed by atoms with Gasteiger partial charge in [0.2, 0.25) is 5.91 Å². The second kappa shape index (κ2) is 7.52. The van der Waals surface area contributed by atoms with E-state index < -0.39 is 0 Å². The second-order valence-corrected chi connectivity index (χ2v) is 5.87. The molecule has 0 radical (unpaired) electrons. The molecule has 0 heterocycles. The quantitative estimate of drug-likeness (QED) is 0.853. The van der Waals surface area contributed by atoms with Gasteiger partial charge in [-0.15, -0.1) is 0 Å². The van der Waals surface area contributed by atoms with Crippen molar-refractivity contribution in [2.75, 3.05) is 23.3 Å². The van der Waals surface area contributed by atoms with Gasteiger partial charge >= 0.3 is 0 Å². The van der Waals surface area contributed by atoms with Crippen molar-refractivity contribution in [2.45, 2.75) is 13.8 Å². The summed E-state index contributed by atoms with van der Waals surface area (Å²) >= 11 is 11.9. The summed E-state index contributed by atoms with van der Waals surface area (Å²) in [6, 6.07) is 13.1. The summed E-state index contributed by atoms with van der Waals surface area (Å²) in [5.74, 6) is -0.118. The largest absolute Gasteiger partial charge is 0.362 e. The van der Waals surface area contributed by atoms with Gasteiger partial charge in [-0.1, -0.05) is 35.3 Å². The van der Waals surface area contributed by atoms with E-state index in [9.17, 15) is 4.79 Å². The number of rotatable bonds is 5. The van der Waals surface area contributed by atoms with Crippen LogP contribution in [0.2, 0.25) is 10.0 Å². The van der Waals surface area contributed by atoms with Crippen molar-refractivity contribution >= 4 is 40.5 Å². The van der Waals surface area contributed by atoms with Gasteiger partial charge in [-0.05, 0) is 49.7 Å². The van der Waals surface area contributed by atoms with Crippen LogP contribution in [0.5, 0.6) is 0 Å². The average molecular weight is 337 g/mol. The second-order valence-electron chi connectivity index (χ2n) is 5.03. The minimum Gasteiger partial charge on any atom is -0.362 e. The van der Waals surface area contributed by atoms with Crippen LogP contribution in [0.4, 0.5) is 11.4 Å². The Morgan fingerprint density at radius 3 is 2.59 bits per heavy atom. The van der Waals surface area contributed by atoms with E-state index >= 15 is 0 Å². The number of hydrogen-bond acceptors (Lipinski definition) is 2. The number of hydrogen-bond donors (Lipinski definition) is 1. The zero-order chi connectivity index (χ0) is 16.1. The molecule has 2 aromatic carbocycles. The number of benzene rings is 2. The number of aryl methyl sites for hydroxylation is 1. The summed E-state index contributed by atoms with van der Waals surface area (Å²) in [7, 11) is 0. The molecule has 1 amide bonds. The fraction of sp³-hybridized carbons (Fsp3) is 0.235. The zero-order valence-electron chi connectivity index (χ0n) is 12.6. The van der Waals surface area contributed by atoms with Crippen LogP contribution in [0.15, 0.2) is 42.5 Å². The Labute approximate surface area is 140 Å². The summed E-state index contributed by atoms with van der Waals surface area (Å²) in [6.07, 6.45) is 0. The van der Waals surface area contributed by atoms with Crippen molar-refractivity contribution in [3.8, 4) is 0 Å². The molecule has 0 bridgehead atoms. The molecule has 2 rings (SSSR count). The lowest BCUT2D eigenvalue weighted by molar-refractivity contribution is -0.115. The number of nitrogens with zero attached hydrogens (tertiary/aromatic N) is 1. The predicted octanol–water partition coefficient (Wildman–Crippen LogP) is 4.77. The molecule has 22 heavy (non-hydrogen) atoms. The topological polar surface area (TPSA) is 32.3 Å². The Balaban J connectivity index is 2.06. The molecule has 0 aliphatic heterocycles. The highest BCUT2D eigenvalue weighted by Gasteiger charge is 2.12. The molecule has 0 atom stereocenters. The molecule has 0 aliphatic carbocycles. The Morgan fingerprint density at radius 1 is 1.18 bits per heavy atom. The first-order chi connectivity index (χ1) is 10.5. The van der Waals surface area contributed by atoms with Crippen LogP contribution >= 0.6 is 23.2 Å². The van der Waals surface area contributed by atoms with E-state index in [-0.39, 0.29) is 12.5 Å². The van der Waals surface area contributed by atoms with E-state index in [0.717, 1.165) is 17.8 Å². The fourth-order valence-corrected chi connectivity index (χ4v) is 2.62. The molecule has 2 aromatic rings. The number of halogens is 2. The average Bonchev–Trinajstić information content (AvgIpc) is 2.47. The van der Waals surface area contributed by atoms with Crippen molar-refractivity contribution in [1.29, 1.82) is 0 Å². The number of amides is 1. The molecule has 0 saturated carbocycles. The van der Waals surface area contributed by atoms with Crippen molar-refractivity contribution in [3.63, 3.8) is 0 Å². The van der Waals surface area contributed by atoms with Crippen LogP contribution in [0.1, 0.15) is 12.5 Å². The number of nitrogens with one attached hydrogen (secondary N) is 1. The molecular weight excluding hydrogens is 319 g/mol. The molecule has 116 valence electrons. The standard InChI is InChI=1S/C17H18Cl2N2O/c1-3-21(14-6-4-5-12(2)9-14)11-17(22)20-16-8-7-13(18)10-15(16)19/h4-10H,3,11H2,1-2H3,(H,20,22). The van der Waals surface area contributed by atoms with Crippen LogP contribution in [0.25, 0.3) is 0 Å². The number of carbonyl (C=O) groups excluding carboxylic acids is 1. The zero-order valence-corrected chi connectivity index (χ0v) is 14.1. The van der Waals surface area contributed by atoms with Crippen LogP contribution in [-0.2, 0) is 4.79 Å². The van der Waals surface area contributed by atoms with E-state index in [0.29, 0.717) is 15.7 Å². The van der Waals surface area contributed by atoms with E-state index in [1.54, 1.807) is 18.2 Å². The molecule has 1 N–H and O–H groups in total. The SMILES string of the molecule is CCN(CC(=O)Nc1ccc(Cl)cc1Cl)c1cccc(C)c1. The fourth-order valence-electron chi connectivity index (χ4n) is 2.16. The molecule has 0 saturated heterocycles. The molecule has 0 spiro atoms. The Bertz CT molecular complexity index is 673. The van der Waals surface area contributed by atoms with E-state index in [1.807, 2.05) is 36.9 Å². The third kappa shape index (κ3) is 4.39. The van der Waals surface area contributed by atoms with Crippen molar-refractivity contribution in [3.05, 3.63) is 58.1 Å². The Hall–Kier alpha value is -1.71. The third-order valence-corrected chi connectivity index (χ3v) is 3.84. The monoisotopic (exact) mass is 336 g/mol. The van der Waals surface area contributed by atoms with Crippen LogP contribution < -0.4 is 10.2 Å². The van der Waals surface area contributed by atoms with Crippen molar-refractivity contribution in [1.82, 2.24) is 0 Å². The maximum absolute atomic E-state index is 12.2. The molecule has 0 unspecified atom stereocenters. The highest BCUT2D eigenvalue weighted by Crippen LogP contribution is 2.25. The minimum absolute atomic E-state index is 0.118. The summed E-state index contributed by atoms with van der Waals surface area (Å²) in [6.45, 7) is 5.06. The van der Waals surface area contributed by atoms with Gasteiger partial charge in [0.1, 0.15) is 0 Å². The number of carbonyl (C=O) groups is 1. The van der Waals surface area contributed by atoms with Gasteiger partial charge in [0, 0.05) is 17.3 Å². The first-order valence-electron chi connectivity index (χ1n) is 7.06. The van der Waals surface area contributed by atoms with Gasteiger partial charge in [0.15, 0.2) is 0 Å². The first kappa shape index (κ1) is 16.7. The van der Waals surface area contributed by atoms with Gasteiger partial charge in [0.05, 0.1) is 17.3 Å². The first-order valence-corrected chi connectivity index (χ1v) is 7.81. The van der Waals surface area contributed by atoms with Crippen LogP contribution in [0.3, 0.4) is 0 Å². The van der Waals surface area contributed by atoms with Crippen LogP contribution in [0, 0.1) is 6.92 Å². The van der Waals surface area contributed by atoms with Gasteiger partial charge in [-0.3, -0.25) is 4.79 Å². The van der Waals surface area contributed by atoms with Crippen LogP contribution in [-0.4, -0.2) is 19.0 Å². The summed E-state index contributed by atoms with van der Waals surface area (Å²) in [5.41, 5.74) is 2.76. The molecule has 0 aliphatic rings. The molecule has 0 fully saturated rings. The predicted molar refractivity (Wildman–Crippen MR) is 94.2 cm³/mol. The summed E-state index contributed by atoms with van der Waals surface area (Å²) in [5, 5.41) is 3.79. The minimum atomic E-state index is -0.118. The lowest BCUT2D eigenvalue weighted by atomic mass is 10.2. The Morgan fingerprint density at radius 2 is 1.95 bits per heavy atom. The smallest absolute Gasteiger partial charge is 0.243 e. The maximum Gasteiger partial charge on any atom is 0.243 e. The molecule has 3 nitrogen and oxygen atoms in total. The van der Waals surface area contributed by atoms with E-state index in [2.05, 4.69) is 11.4 Å². The third-order valence-electron chi connectivity index (χ3n) is 3.29. The molecular formula is C17H18Cl2N2O. The highest BCUT2D eigenvalue weighted by molar-refractivity contribution is 6.36. The van der Waals surface area contributed by atoms with Crippen molar-refractivity contribution < 1.29 is 4.79 Å². The normalized spacial score (nSPS) is 10.4. The van der Waals surface area contributed by atoms with Crippen molar-refractivity contribution in [2.24, 2.45) is 0 Å². The summed E-state index contributed by atoms with van der Waals surface area (Å²) < 4.78 is 0. The highest BCUT2D eigenvalue weighted by atomic mass is 35.5. The number of anilines is 2. The van der Waals surface area contributed by atoms with Gasteiger partial charge in [-0.2, -0.15) is 0 Å². The van der Waals surface area contributed by atoms with E-state index in [1.165, 1.54) is 0 Å². The van der Waals surface area contributed by atoms with E-state index in [4.69, 9.17) is 23.2 Å². The summed E-state index contributed by atoms with van der Waals surface area (Å²) in [4.78, 5) is 14.2. The Kier molecular flexibility index (Phi) is 5.69.